The minimum absolute atomic E-state index is 0.111. The second-order valence-corrected chi connectivity index (χ2v) is 4.10. The summed E-state index contributed by atoms with van der Waals surface area (Å²) >= 11 is 11.2. The lowest BCUT2D eigenvalue weighted by Crippen LogP contribution is -2.29. The van der Waals surface area contributed by atoms with Crippen LogP contribution in [0.5, 0.6) is 5.75 Å². The van der Waals surface area contributed by atoms with Crippen LogP contribution in [0.4, 0.5) is 4.39 Å². The number of rotatable bonds is 5. The number of ether oxygens (including phenoxy) is 1. The van der Waals surface area contributed by atoms with E-state index >= 15 is 0 Å². The van der Waals surface area contributed by atoms with Gasteiger partial charge >= 0.3 is 0 Å². The van der Waals surface area contributed by atoms with Gasteiger partial charge in [0, 0.05) is 5.03 Å². The highest BCUT2D eigenvalue weighted by Gasteiger charge is 2.06. The molecule has 1 amide bonds. The molecule has 1 aromatic rings. The third-order valence-electron chi connectivity index (χ3n) is 1.73. The molecular formula is C11H10Cl2FNO2. The van der Waals surface area contributed by atoms with Gasteiger partial charge in [-0.3, -0.25) is 4.79 Å². The highest BCUT2D eigenvalue weighted by Crippen LogP contribution is 2.24. The fourth-order valence-corrected chi connectivity index (χ4v) is 1.27. The van der Waals surface area contributed by atoms with Crippen LogP contribution in [0.3, 0.4) is 0 Å². The topological polar surface area (TPSA) is 38.3 Å². The summed E-state index contributed by atoms with van der Waals surface area (Å²) in [5.74, 6) is -0.592. The maximum Gasteiger partial charge on any atom is 0.258 e. The number of hydrogen-bond acceptors (Lipinski definition) is 2. The van der Waals surface area contributed by atoms with Crippen molar-refractivity contribution in [3.8, 4) is 5.75 Å². The zero-order valence-corrected chi connectivity index (χ0v) is 10.3. The Morgan fingerprint density at radius 1 is 1.53 bits per heavy atom. The Labute approximate surface area is 108 Å². The zero-order chi connectivity index (χ0) is 12.8. The SMILES string of the molecule is C=C(Cl)CNC(=O)COc1ccc(F)cc1Cl. The quantitative estimate of drug-likeness (QED) is 0.899. The molecule has 1 aromatic carbocycles. The van der Waals surface area contributed by atoms with Gasteiger partial charge in [-0.25, -0.2) is 4.39 Å². The molecule has 0 saturated carbocycles. The Bertz CT molecular complexity index is 437. The van der Waals surface area contributed by atoms with E-state index in [0.29, 0.717) is 5.03 Å². The predicted octanol–water partition coefficient (Wildman–Crippen LogP) is 2.73. The average molecular weight is 278 g/mol. The minimum Gasteiger partial charge on any atom is -0.482 e. The zero-order valence-electron chi connectivity index (χ0n) is 8.80. The number of halogens is 3. The summed E-state index contributed by atoms with van der Waals surface area (Å²) in [7, 11) is 0. The molecule has 0 bridgehead atoms. The van der Waals surface area contributed by atoms with Crippen molar-refractivity contribution in [1.29, 1.82) is 0 Å². The Balaban J connectivity index is 2.44. The maximum absolute atomic E-state index is 12.7. The summed E-state index contributed by atoms with van der Waals surface area (Å²) in [5, 5.41) is 2.90. The average Bonchev–Trinajstić information content (AvgIpc) is 2.25. The molecule has 0 aromatic heterocycles. The van der Waals surface area contributed by atoms with E-state index in [4.69, 9.17) is 27.9 Å². The van der Waals surface area contributed by atoms with Crippen molar-refractivity contribution in [3.05, 3.63) is 40.7 Å². The van der Waals surface area contributed by atoms with Crippen LogP contribution in [0, 0.1) is 5.82 Å². The second-order valence-electron chi connectivity index (χ2n) is 3.16. The van der Waals surface area contributed by atoms with E-state index < -0.39 is 5.82 Å². The van der Waals surface area contributed by atoms with Gasteiger partial charge in [0.05, 0.1) is 11.6 Å². The highest BCUT2D eigenvalue weighted by atomic mass is 35.5. The van der Waals surface area contributed by atoms with Crippen molar-refractivity contribution in [2.24, 2.45) is 0 Å². The van der Waals surface area contributed by atoms with E-state index in [9.17, 15) is 9.18 Å². The first-order valence-corrected chi connectivity index (χ1v) is 5.42. The summed E-state index contributed by atoms with van der Waals surface area (Å²) in [6.45, 7) is 3.36. The first-order valence-electron chi connectivity index (χ1n) is 4.67. The number of amides is 1. The minimum atomic E-state index is -0.467. The summed E-state index contributed by atoms with van der Waals surface area (Å²) < 4.78 is 17.8. The van der Waals surface area contributed by atoms with Crippen LogP contribution in [0.15, 0.2) is 29.8 Å². The van der Waals surface area contributed by atoms with Gasteiger partial charge in [0.1, 0.15) is 11.6 Å². The number of hydrogen-bond donors (Lipinski definition) is 1. The third kappa shape index (κ3) is 5.06. The lowest BCUT2D eigenvalue weighted by molar-refractivity contribution is -0.122. The normalized spacial score (nSPS) is 9.82. The third-order valence-corrected chi connectivity index (χ3v) is 2.16. The molecule has 6 heteroatoms. The van der Waals surface area contributed by atoms with Gasteiger partial charge < -0.3 is 10.1 Å². The first-order chi connectivity index (χ1) is 7.99. The number of carbonyl (C=O) groups excluding carboxylic acids is 1. The van der Waals surface area contributed by atoms with E-state index in [-0.39, 0.29) is 29.8 Å². The Kier molecular flexibility index (Phi) is 5.25. The van der Waals surface area contributed by atoms with Crippen molar-refractivity contribution in [1.82, 2.24) is 5.32 Å². The van der Waals surface area contributed by atoms with Crippen LogP contribution in [0.1, 0.15) is 0 Å². The van der Waals surface area contributed by atoms with Gasteiger partial charge in [0.15, 0.2) is 6.61 Å². The van der Waals surface area contributed by atoms with Crippen LogP contribution in [-0.4, -0.2) is 19.1 Å². The van der Waals surface area contributed by atoms with Crippen molar-refractivity contribution in [3.63, 3.8) is 0 Å². The van der Waals surface area contributed by atoms with Crippen LogP contribution < -0.4 is 10.1 Å². The molecule has 0 heterocycles. The lowest BCUT2D eigenvalue weighted by atomic mass is 10.3. The molecule has 0 unspecified atom stereocenters. The first kappa shape index (κ1) is 13.8. The Morgan fingerprint density at radius 2 is 2.24 bits per heavy atom. The monoisotopic (exact) mass is 277 g/mol. The Hall–Kier alpha value is -1.26. The molecule has 0 atom stereocenters. The van der Waals surface area contributed by atoms with E-state index in [1.807, 2.05) is 0 Å². The van der Waals surface area contributed by atoms with Gasteiger partial charge in [-0.05, 0) is 18.2 Å². The van der Waals surface area contributed by atoms with Crippen molar-refractivity contribution in [2.45, 2.75) is 0 Å². The van der Waals surface area contributed by atoms with Gasteiger partial charge in [-0.2, -0.15) is 0 Å². The predicted molar refractivity (Wildman–Crippen MR) is 64.9 cm³/mol. The molecule has 1 rings (SSSR count). The number of nitrogens with one attached hydrogen (secondary N) is 1. The molecule has 1 N–H and O–H groups in total. The summed E-state index contributed by atoms with van der Waals surface area (Å²) in [6, 6.07) is 3.65. The Morgan fingerprint density at radius 3 is 2.82 bits per heavy atom. The molecule has 92 valence electrons. The highest BCUT2D eigenvalue weighted by molar-refractivity contribution is 6.32. The molecule has 17 heavy (non-hydrogen) atoms. The standard InChI is InChI=1S/C11H10Cl2FNO2/c1-7(12)5-15-11(16)6-17-10-3-2-8(14)4-9(10)13/h2-4H,1,5-6H2,(H,15,16). The molecule has 0 spiro atoms. The fraction of sp³-hybridized carbons (Fsp3) is 0.182. The summed E-state index contributed by atoms with van der Waals surface area (Å²) in [6.07, 6.45) is 0. The summed E-state index contributed by atoms with van der Waals surface area (Å²) in [5.41, 5.74) is 0. The molecule has 0 aliphatic carbocycles. The van der Waals surface area contributed by atoms with Crippen LogP contribution in [-0.2, 0) is 4.79 Å². The number of carbonyl (C=O) groups is 1. The van der Waals surface area contributed by atoms with E-state index in [2.05, 4.69) is 11.9 Å². The van der Waals surface area contributed by atoms with Crippen molar-refractivity contribution >= 4 is 29.1 Å². The van der Waals surface area contributed by atoms with E-state index in [1.165, 1.54) is 12.1 Å². The molecule has 0 radical (unpaired) electrons. The van der Waals surface area contributed by atoms with E-state index in [1.54, 1.807) is 0 Å². The van der Waals surface area contributed by atoms with Gasteiger partial charge in [-0.1, -0.05) is 29.8 Å². The van der Waals surface area contributed by atoms with Crippen LogP contribution in [0.2, 0.25) is 5.02 Å². The van der Waals surface area contributed by atoms with Gasteiger partial charge in [-0.15, -0.1) is 0 Å². The number of benzene rings is 1. The van der Waals surface area contributed by atoms with Crippen molar-refractivity contribution < 1.29 is 13.9 Å². The lowest BCUT2D eigenvalue weighted by Gasteiger charge is -2.08. The van der Waals surface area contributed by atoms with Crippen molar-refractivity contribution in [2.75, 3.05) is 13.2 Å². The molecule has 0 aliphatic heterocycles. The smallest absolute Gasteiger partial charge is 0.258 e. The molecule has 0 aliphatic rings. The van der Waals surface area contributed by atoms with E-state index in [0.717, 1.165) is 6.07 Å². The molecule has 0 saturated heterocycles. The van der Waals surface area contributed by atoms with Gasteiger partial charge in [0.2, 0.25) is 0 Å². The largest absolute Gasteiger partial charge is 0.482 e. The summed E-state index contributed by atoms with van der Waals surface area (Å²) in [4.78, 5) is 11.2. The second kappa shape index (κ2) is 6.47. The molecule has 3 nitrogen and oxygen atoms in total. The maximum atomic E-state index is 12.7. The molecular weight excluding hydrogens is 268 g/mol. The van der Waals surface area contributed by atoms with Crippen LogP contribution in [0.25, 0.3) is 0 Å². The van der Waals surface area contributed by atoms with Crippen LogP contribution >= 0.6 is 23.2 Å². The van der Waals surface area contributed by atoms with Gasteiger partial charge in [0.25, 0.3) is 5.91 Å². The fourth-order valence-electron chi connectivity index (χ4n) is 0.981. The molecule has 0 fully saturated rings.